The van der Waals surface area contributed by atoms with Gasteiger partial charge in [0, 0.05) is 17.8 Å². The predicted molar refractivity (Wildman–Crippen MR) is 58.6 cm³/mol. The van der Waals surface area contributed by atoms with E-state index in [9.17, 15) is 13.2 Å². The van der Waals surface area contributed by atoms with Crippen molar-refractivity contribution in [2.24, 2.45) is 0 Å². The van der Waals surface area contributed by atoms with Gasteiger partial charge in [-0.1, -0.05) is 13.8 Å². The Morgan fingerprint density at radius 2 is 1.88 bits per heavy atom. The normalized spacial score (nSPS) is 12.4. The molecule has 0 aliphatic rings. The van der Waals surface area contributed by atoms with Crippen LogP contribution in [0.2, 0.25) is 0 Å². The molecule has 0 fully saturated rings. The van der Waals surface area contributed by atoms with Gasteiger partial charge in [-0.25, -0.2) is 0 Å². The number of halogens is 3. The van der Waals surface area contributed by atoms with Crippen LogP contribution in [0.5, 0.6) is 0 Å². The molecule has 0 radical (unpaired) electrons. The van der Waals surface area contributed by atoms with Gasteiger partial charge in [-0.15, -0.1) is 0 Å². The van der Waals surface area contributed by atoms with Crippen LogP contribution in [-0.4, -0.2) is 9.97 Å². The fraction of sp³-hybridized carbons (Fsp3) is 0.333. The van der Waals surface area contributed by atoms with Crippen LogP contribution in [0.3, 0.4) is 0 Å². The Balaban J connectivity index is 2.65. The molecule has 2 aromatic heterocycles. The number of pyridine rings is 2. The average molecular weight is 240 g/mol. The molecule has 0 aliphatic heterocycles. The fourth-order valence-electron chi connectivity index (χ4n) is 1.72. The van der Waals surface area contributed by atoms with E-state index in [4.69, 9.17) is 0 Å². The van der Waals surface area contributed by atoms with Gasteiger partial charge < -0.3 is 0 Å². The third-order valence-corrected chi connectivity index (χ3v) is 2.57. The molecular formula is C12H11F3N2. The van der Waals surface area contributed by atoms with E-state index in [2.05, 4.69) is 9.97 Å². The highest BCUT2D eigenvalue weighted by atomic mass is 19.4. The SMILES string of the molecule is CC(C)c1ccnc2cc(C(F)(F)F)ncc12. The molecule has 2 heterocycles. The first-order chi connectivity index (χ1) is 7.89. The van der Waals surface area contributed by atoms with E-state index in [1.165, 1.54) is 12.4 Å². The quantitative estimate of drug-likeness (QED) is 0.758. The van der Waals surface area contributed by atoms with Crippen molar-refractivity contribution in [1.82, 2.24) is 9.97 Å². The number of rotatable bonds is 1. The Hall–Kier alpha value is -1.65. The van der Waals surface area contributed by atoms with Crippen LogP contribution in [0.4, 0.5) is 13.2 Å². The lowest BCUT2D eigenvalue weighted by molar-refractivity contribution is -0.141. The number of nitrogens with zero attached hydrogens (tertiary/aromatic N) is 2. The van der Waals surface area contributed by atoms with Crippen molar-refractivity contribution >= 4 is 10.9 Å². The van der Waals surface area contributed by atoms with Crippen molar-refractivity contribution in [1.29, 1.82) is 0 Å². The maximum Gasteiger partial charge on any atom is 0.433 e. The highest BCUT2D eigenvalue weighted by Crippen LogP contribution is 2.30. The summed E-state index contributed by atoms with van der Waals surface area (Å²) in [5.41, 5.74) is 0.383. The van der Waals surface area contributed by atoms with Crippen LogP contribution in [-0.2, 0) is 6.18 Å². The van der Waals surface area contributed by atoms with E-state index in [0.717, 1.165) is 11.6 Å². The molecule has 0 N–H and O–H groups in total. The third-order valence-electron chi connectivity index (χ3n) is 2.57. The molecule has 0 bridgehead atoms. The highest BCUT2D eigenvalue weighted by molar-refractivity contribution is 5.81. The Kier molecular flexibility index (Phi) is 2.77. The molecule has 2 nitrogen and oxygen atoms in total. The van der Waals surface area contributed by atoms with Crippen molar-refractivity contribution in [2.75, 3.05) is 0 Å². The summed E-state index contributed by atoms with van der Waals surface area (Å²) >= 11 is 0. The van der Waals surface area contributed by atoms with Gasteiger partial charge in [0.05, 0.1) is 5.52 Å². The third kappa shape index (κ3) is 2.23. The predicted octanol–water partition coefficient (Wildman–Crippen LogP) is 3.77. The summed E-state index contributed by atoms with van der Waals surface area (Å²) in [6.45, 7) is 3.96. The van der Waals surface area contributed by atoms with Gasteiger partial charge in [0.2, 0.25) is 0 Å². The Bertz CT molecular complexity index is 547. The first-order valence-electron chi connectivity index (χ1n) is 5.21. The minimum atomic E-state index is -4.43. The van der Waals surface area contributed by atoms with E-state index >= 15 is 0 Å². The van der Waals surface area contributed by atoms with E-state index in [-0.39, 0.29) is 5.92 Å². The zero-order valence-electron chi connectivity index (χ0n) is 9.42. The van der Waals surface area contributed by atoms with Crippen molar-refractivity contribution in [3.05, 3.63) is 35.8 Å². The van der Waals surface area contributed by atoms with E-state index in [1.807, 2.05) is 19.9 Å². The summed E-state index contributed by atoms with van der Waals surface area (Å²) in [5.74, 6) is 0.221. The number of aromatic nitrogens is 2. The summed E-state index contributed by atoms with van der Waals surface area (Å²) in [6, 6.07) is 2.79. The molecule has 2 aromatic rings. The lowest BCUT2D eigenvalue weighted by atomic mass is 10.0. The van der Waals surface area contributed by atoms with Gasteiger partial charge in [0.1, 0.15) is 5.69 Å². The van der Waals surface area contributed by atoms with E-state index in [1.54, 1.807) is 0 Å². The molecule has 0 atom stereocenters. The second-order valence-electron chi connectivity index (χ2n) is 4.14. The van der Waals surface area contributed by atoms with Gasteiger partial charge >= 0.3 is 6.18 Å². The van der Waals surface area contributed by atoms with Crippen LogP contribution in [0, 0.1) is 0 Å². The minimum absolute atomic E-state index is 0.221. The standard InChI is InChI=1S/C12H11F3N2/c1-7(2)8-3-4-16-10-5-11(12(13,14)15)17-6-9(8)10/h3-7H,1-2H3. The molecule has 0 saturated heterocycles. The second-order valence-corrected chi connectivity index (χ2v) is 4.14. The fourth-order valence-corrected chi connectivity index (χ4v) is 1.72. The van der Waals surface area contributed by atoms with Crippen molar-refractivity contribution in [2.45, 2.75) is 25.9 Å². The lowest BCUT2D eigenvalue weighted by Gasteiger charge is -2.10. The number of hydrogen-bond donors (Lipinski definition) is 0. The van der Waals surface area contributed by atoms with E-state index in [0.29, 0.717) is 10.9 Å². The summed E-state index contributed by atoms with van der Waals surface area (Å²) in [7, 11) is 0. The first kappa shape index (κ1) is 11.8. The minimum Gasteiger partial charge on any atom is -0.256 e. The van der Waals surface area contributed by atoms with Gasteiger partial charge in [-0.05, 0) is 23.6 Å². The molecule has 5 heteroatoms. The lowest BCUT2D eigenvalue weighted by Crippen LogP contribution is -2.08. The Morgan fingerprint density at radius 1 is 1.18 bits per heavy atom. The van der Waals surface area contributed by atoms with Gasteiger partial charge in [0.25, 0.3) is 0 Å². The zero-order chi connectivity index (χ0) is 12.6. The summed E-state index contributed by atoms with van der Waals surface area (Å²) in [5, 5.41) is 0.676. The molecule has 0 saturated carbocycles. The van der Waals surface area contributed by atoms with Gasteiger partial charge in [0.15, 0.2) is 0 Å². The monoisotopic (exact) mass is 240 g/mol. The molecule has 0 unspecified atom stereocenters. The number of hydrogen-bond acceptors (Lipinski definition) is 2. The number of fused-ring (bicyclic) bond motifs is 1. The summed E-state index contributed by atoms with van der Waals surface area (Å²) in [6.07, 6.45) is -1.65. The zero-order valence-corrected chi connectivity index (χ0v) is 9.42. The van der Waals surface area contributed by atoms with Crippen molar-refractivity contribution in [3.63, 3.8) is 0 Å². The molecule has 0 amide bonds. The van der Waals surface area contributed by atoms with Crippen molar-refractivity contribution < 1.29 is 13.2 Å². The van der Waals surface area contributed by atoms with Crippen LogP contribution in [0.15, 0.2) is 24.5 Å². The van der Waals surface area contributed by atoms with Crippen molar-refractivity contribution in [3.8, 4) is 0 Å². The largest absolute Gasteiger partial charge is 0.433 e. The maximum absolute atomic E-state index is 12.5. The highest BCUT2D eigenvalue weighted by Gasteiger charge is 2.32. The van der Waals surface area contributed by atoms with Crippen LogP contribution in [0.25, 0.3) is 10.9 Å². The molecule has 0 aliphatic carbocycles. The molecular weight excluding hydrogens is 229 g/mol. The smallest absolute Gasteiger partial charge is 0.256 e. The van der Waals surface area contributed by atoms with E-state index < -0.39 is 11.9 Å². The molecule has 0 spiro atoms. The Morgan fingerprint density at radius 3 is 2.47 bits per heavy atom. The second kappa shape index (κ2) is 3.98. The van der Waals surface area contributed by atoms with Gasteiger partial charge in [-0.2, -0.15) is 13.2 Å². The maximum atomic E-state index is 12.5. The molecule has 90 valence electrons. The van der Waals surface area contributed by atoms with Gasteiger partial charge in [-0.3, -0.25) is 9.97 Å². The van der Waals surface area contributed by atoms with Crippen LogP contribution in [0.1, 0.15) is 31.0 Å². The summed E-state index contributed by atoms with van der Waals surface area (Å²) < 4.78 is 37.5. The molecule has 2 rings (SSSR count). The van der Waals surface area contributed by atoms with Crippen LogP contribution >= 0.6 is 0 Å². The molecule has 17 heavy (non-hydrogen) atoms. The topological polar surface area (TPSA) is 25.8 Å². The summed E-state index contributed by atoms with van der Waals surface area (Å²) in [4.78, 5) is 7.41. The van der Waals surface area contributed by atoms with Crippen LogP contribution < -0.4 is 0 Å². The first-order valence-corrected chi connectivity index (χ1v) is 5.21. The number of alkyl halides is 3. The average Bonchev–Trinajstić information content (AvgIpc) is 2.26. The Labute approximate surface area is 96.5 Å². The molecule has 0 aromatic carbocycles.